The quantitative estimate of drug-likeness (QED) is 0.559. The van der Waals surface area contributed by atoms with Gasteiger partial charge in [-0.3, -0.25) is 16.3 Å². The molecule has 2 heterocycles. The average molecular weight is 271 g/mol. The van der Waals surface area contributed by atoms with Crippen LogP contribution in [0.5, 0.6) is 0 Å². The summed E-state index contributed by atoms with van der Waals surface area (Å²) in [4.78, 5) is 4.36. The SMILES string of the molecule is NNC(Cc1ccnc2ccccc12)c1csnn1. The van der Waals surface area contributed by atoms with E-state index in [1.807, 2.05) is 35.8 Å². The highest BCUT2D eigenvalue weighted by Gasteiger charge is 2.14. The molecule has 1 unspecified atom stereocenters. The van der Waals surface area contributed by atoms with Gasteiger partial charge in [0.15, 0.2) is 0 Å². The van der Waals surface area contributed by atoms with E-state index in [4.69, 9.17) is 5.84 Å². The van der Waals surface area contributed by atoms with Crippen LogP contribution in [0.15, 0.2) is 41.9 Å². The topological polar surface area (TPSA) is 76.7 Å². The van der Waals surface area contributed by atoms with Gasteiger partial charge in [0.25, 0.3) is 0 Å². The fourth-order valence-corrected chi connectivity index (χ4v) is 2.63. The van der Waals surface area contributed by atoms with Gasteiger partial charge in [0, 0.05) is 17.0 Å². The molecular weight excluding hydrogens is 258 g/mol. The predicted octanol–water partition coefficient (Wildman–Crippen LogP) is 1.83. The minimum atomic E-state index is -0.0374. The first-order valence-electron chi connectivity index (χ1n) is 5.94. The molecule has 0 fully saturated rings. The standard InChI is InChI=1S/C13H13N5S/c14-16-12(13-8-19-18-17-13)7-9-5-6-15-11-4-2-1-3-10(9)11/h1-6,8,12,16H,7,14H2. The Hall–Kier alpha value is -1.89. The van der Waals surface area contributed by atoms with Gasteiger partial charge in [-0.25, -0.2) is 0 Å². The molecule has 96 valence electrons. The van der Waals surface area contributed by atoms with Crippen molar-refractivity contribution in [3.63, 3.8) is 0 Å². The number of hydrogen-bond donors (Lipinski definition) is 2. The highest BCUT2D eigenvalue weighted by Crippen LogP contribution is 2.22. The van der Waals surface area contributed by atoms with Crippen molar-refractivity contribution in [2.75, 3.05) is 0 Å². The molecule has 0 aliphatic rings. The Morgan fingerprint density at radius 2 is 2.16 bits per heavy atom. The number of hydrogen-bond acceptors (Lipinski definition) is 6. The Balaban J connectivity index is 1.96. The van der Waals surface area contributed by atoms with E-state index in [1.54, 1.807) is 0 Å². The summed E-state index contributed by atoms with van der Waals surface area (Å²) in [5.41, 5.74) is 5.86. The van der Waals surface area contributed by atoms with Crippen LogP contribution in [0.3, 0.4) is 0 Å². The molecule has 0 aliphatic heterocycles. The van der Waals surface area contributed by atoms with Crippen LogP contribution in [-0.2, 0) is 6.42 Å². The summed E-state index contributed by atoms with van der Waals surface area (Å²) < 4.78 is 3.88. The normalized spacial score (nSPS) is 12.7. The number of hydrazine groups is 1. The van der Waals surface area contributed by atoms with Crippen molar-refractivity contribution in [2.24, 2.45) is 5.84 Å². The van der Waals surface area contributed by atoms with E-state index in [-0.39, 0.29) is 6.04 Å². The van der Waals surface area contributed by atoms with Gasteiger partial charge in [0.1, 0.15) is 0 Å². The van der Waals surface area contributed by atoms with Crippen LogP contribution in [0.4, 0.5) is 0 Å². The number of fused-ring (bicyclic) bond motifs is 1. The number of nitrogens with one attached hydrogen (secondary N) is 1. The van der Waals surface area contributed by atoms with Gasteiger partial charge >= 0.3 is 0 Å². The van der Waals surface area contributed by atoms with Crippen molar-refractivity contribution in [2.45, 2.75) is 12.5 Å². The lowest BCUT2D eigenvalue weighted by atomic mass is 10.0. The molecule has 6 heteroatoms. The molecule has 2 aromatic heterocycles. The van der Waals surface area contributed by atoms with Crippen LogP contribution in [0.1, 0.15) is 17.3 Å². The lowest BCUT2D eigenvalue weighted by molar-refractivity contribution is 0.538. The van der Waals surface area contributed by atoms with Crippen molar-refractivity contribution >= 4 is 22.4 Å². The first-order chi connectivity index (χ1) is 9.38. The minimum Gasteiger partial charge on any atom is -0.271 e. The summed E-state index contributed by atoms with van der Waals surface area (Å²) in [6.07, 6.45) is 2.58. The third kappa shape index (κ3) is 2.46. The first-order valence-corrected chi connectivity index (χ1v) is 6.78. The van der Waals surface area contributed by atoms with Crippen LogP contribution < -0.4 is 11.3 Å². The number of nitrogens with zero attached hydrogens (tertiary/aromatic N) is 3. The van der Waals surface area contributed by atoms with Crippen molar-refractivity contribution in [1.82, 2.24) is 20.0 Å². The average Bonchev–Trinajstić information content (AvgIpc) is 2.99. The van der Waals surface area contributed by atoms with Gasteiger partial charge in [-0.1, -0.05) is 22.7 Å². The monoisotopic (exact) mass is 271 g/mol. The Kier molecular flexibility index (Phi) is 3.45. The van der Waals surface area contributed by atoms with Gasteiger partial charge in [-0.05, 0) is 35.6 Å². The van der Waals surface area contributed by atoms with Gasteiger partial charge in [-0.15, -0.1) is 5.10 Å². The molecule has 0 saturated carbocycles. The van der Waals surface area contributed by atoms with Crippen molar-refractivity contribution in [3.05, 3.63) is 53.2 Å². The number of rotatable bonds is 4. The largest absolute Gasteiger partial charge is 0.271 e. The van der Waals surface area contributed by atoms with E-state index in [0.29, 0.717) is 0 Å². The van der Waals surface area contributed by atoms with Gasteiger partial charge in [-0.2, -0.15) is 0 Å². The number of benzene rings is 1. The Labute approximate surface area is 114 Å². The molecule has 0 aliphatic carbocycles. The van der Waals surface area contributed by atoms with Gasteiger partial charge < -0.3 is 0 Å². The van der Waals surface area contributed by atoms with Crippen molar-refractivity contribution < 1.29 is 0 Å². The summed E-state index contributed by atoms with van der Waals surface area (Å²) in [6.45, 7) is 0. The molecule has 1 aromatic carbocycles. The molecule has 0 spiro atoms. The third-order valence-electron chi connectivity index (χ3n) is 3.10. The Morgan fingerprint density at radius 1 is 1.26 bits per heavy atom. The maximum atomic E-state index is 5.63. The molecule has 0 amide bonds. The molecule has 1 atom stereocenters. The maximum Gasteiger partial charge on any atom is 0.0941 e. The molecule has 0 saturated heterocycles. The maximum absolute atomic E-state index is 5.63. The fraction of sp³-hybridized carbons (Fsp3) is 0.154. The number of para-hydroxylation sites is 1. The van der Waals surface area contributed by atoms with E-state index in [0.717, 1.165) is 23.0 Å². The van der Waals surface area contributed by atoms with E-state index in [1.165, 1.54) is 17.1 Å². The van der Waals surface area contributed by atoms with Crippen LogP contribution in [0.25, 0.3) is 10.9 Å². The fourth-order valence-electron chi connectivity index (χ4n) is 2.13. The highest BCUT2D eigenvalue weighted by atomic mass is 32.1. The van der Waals surface area contributed by atoms with E-state index < -0.39 is 0 Å². The summed E-state index contributed by atoms with van der Waals surface area (Å²) >= 11 is 1.33. The lowest BCUT2D eigenvalue weighted by Crippen LogP contribution is -2.29. The van der Waals surface area contributed by atoms with E-state index >= 15 is 0 Å². The van der Waals surface area contributed by atoms with Gasteiger partial charge in [0.2, 0.25) is 0 Å². The van der Waals surface area contributed by atoms with E-state index in [9.17, 15) is 0 Å². The summed E-state index contributed by atoms with van der Waals surface area (Å²) in [5, 5.41) is 7.13. The number of pyridine rings is 1. The second-order valence-corrected chi connectivity index (χ2v) is 4.85. The Bertz CT molecular complexity index is 662. The zero-order valence-corrected chi connectivity index (χ0v) is 11.0. The zero-order chi connectivity index (χ0) is 13.1. The van der Waals surface area contributed by atoms with Crippen molar-refractivity contribution in [1.29, 1.82) is 0 Å². The molecule has 0 radical (unpaired) electrons. The Morgan fingerprint density at radius 3 is 2.95 bits per heavy atom. The summed E-state index contributed by atoms with van der Waals surface area (Å²) in [7, 11) is 0. The zero-order valence-electron chi connectivity index (χ0n) is 10.2. The minimum absolute atomic E-state index is 0.0374. The van der Waals surface area contributed by atoms with Crippen LogP contribution in [0.2, 0.25) is 0 Å². The number of nitrogens with two attached hydrogens (primary N) is 1. The highest BCUT2D eigenvalue weighted by molar-refractivity contribution is 7.03. The van der Waals surface area contributed by atoms with Crippen molar-refractivity contribution in [3.8, 4) is 0 Å². The summed E-state index contributed by atoms with van der Waals surface area (Å²) in [5.74, 6) is 5.63. The lowest BCUT2D eigenvalue weighted by Gasteiger charge is -2.14. The third-order valence-corrected chi connectivity index (χ3v) is 3.62. The molecule has 5 nitrogen and oxygen atoms in total. The molecule has 3 rings (SSSR count). The van der Waals surface area contributed by atoms with Crippen LogP contribution >= 0.6 is 11.5 Å². The van der Waals surface area contributed by atoms with Crippen LogP contribution in [-0.4, -0.2) is 14.6 Å². The van der Waals surface area contributed by atoms with Gasteiger partial charge in [0.05, 0.1) is 17.3 Å². The molecule has 0 bridgehead atoms. The predicted molar refractivity (Wildman–Crippen MR) is 75.4 cm³/mol. The first kappa shape index (κ1) is 12.2. The second kappa shape index (κ2) is 5.40. The van der Waals surface area contributed by atoms with Crippen LogP contribution in [0, 0.1) is 0 Å². The number of aromatic nitrogens is 3. The molecule has 3 aromatic rings. The summed E-state index contributed by atoms with van der Waals surface area (Å²) in [6, 6.07) is 10.1. The smallest absolute Gasteiger partial charge is 0.0941 e. The molecule has 3 N–H and O–H groups in total. The molecule has 19 heavy (non-hydrogen) atoms. The molecular formula is C13H13N5S. The second-order valence-electron chi connectivity index (χ2n) is 4.24. The van der Waals surface area contributed by atoms with E-state index in [2.05, 4.69) is 26.1 Å².